The Bertz CT molecular complexity index is 435. The molecule has 0 radical (unpaired) electrons. The van der Waals surface area contributed by atoms with Crippen LogP contribution in [0, 0.1) is 0 Å². The minimum atomic E-state index is -0.412. The van der Waals surface area contributed by atoms with E-state index in [-0.39, 0.29) is 12.1 Å². The summed E-state index contributed by atoms with van der Waals surface area (Å²) < 4.78 is 11.0. The van der Waals surface area contributed by atoms with Crippen molar-refractivity contribution in [2.75, 3.05) is 5.32 Å². The molecule has 1 aromatic rings. The molecule has 20 heavy (non-hydrogen) atoms. The highest BCUT2D eigenvalue weighted by Gasteiger charge is 2.17. The Labute approximate surface area is 123 Å². The van der Waals surface area contributed by atoms with Crippen molar-refractivity contribution in [2.24, 2.45) is 0 Å². The molecule has 1 aromatic carbocycles. The first-order valence-corrected chi connectivity index (χ1v) is 7.87. The zero-order valence-electron chi connectivity index (χ0n) is 12.8. The molecule has 1 rings (SSSR count). The van der Waals surface area contributed by atoms with Crippen LogP contribution in [0.5, 0.6) is 5.75 Å². The molecule has 112 valence electrons. The van der Waals surface area contributed by atoms with Gasteiger partial charge in [-0.25, -0.2) is 4.79 Å². The zero-order valence-corrected chi connectivity index (χ0v) is 13.8. The first-order valence-electron chi connectivity index (χ1n) is 6.88. The molecule has 0 aliphatic heterocycles. The first-order chi connectivity index (χ1) is 9.40. The molecule has 0 spiro atoms. The molecule has 0 aromatic heterocycles. The van der Waals surface area contributed by atoms with Crippen molar-refractivity contribution in [2.45, 2.75) is 52.4 Å². The number of carbonyl (C=O) groups is 1. The largest absolute Gasteiger partial charge is 0.475 e. The first kappa shape index (κ1) is 16.8. The number of carbonyl (C=O) groups excluding carboxylic acids is 1. The molecule has 1 unspecified atom stereocenters. The van der Waals surface area contributed by atoms with Crippen LogP contribution in [0.2, 0.25) is 0 Å². The van der Waals surface area contributed by atoms with Gasteiger partial charge >= 0.3 is 5.97 Å². The van der Waals surface area contributed by atoms with Crippen LogP contribution in [0.4, 0.5) is 5.69 Å². The van der Waals surface area contributed by atoms with Crippen LogP contribution in [0.1, 0.15) is 34.6 Å². The van der Waals surface area contributed by atoms with Crippen LogP contribution in [-0.2, 0) is 9.53 Å². The van der Waals surface area contributed by atoms with Gasteiger partial charge in [0.25, 0.3) is 0 Å². The number of benzene rings is 1. The Morgan fingerprint density at radius 1 is 1.15 bits per heavy atom. The minimum absolute atomic E-state index is 0.110. The molecular weight excluding hydrogens is 273 g/mol. The fraction of sp³-hybridized carbons (Fsp3) is 0.533. The highest BCUT2D eigenvalue weighted by atomic mass is 31.1. The lowest BCUT2D eigenvalue weighted by atomic mass is 10.2. The molecule has 0 fully saturated rings. The van der Waals surface area contributed by atoms with Crippen molar-refractivity contribution in [3.8, 4) is 5.75 Å². The van der Waals surface area contributed by atoms with Gasteiger partial charge in [0.15, 0.2) is 0 Å². The Morgan fingerprint density at radius 2 is 1.80 bits per heavy atom. The quantitative estimate of drug-likeness (QED) is 0.614. The normalized spacial score (nSPS) is 12.9. The average molecular weight is 297 g/mol. The van der Waals surface area contributed by atoms with E-state index in [2.05, 4.69) is 19.2 Å². The van der Waals surface area contributed by atoms with E-state index in [0.717, 1.165) is 11.4 Å². The topological polar surface area (TPSA) is 47.6 Å². The fourth-order valence-electron chi connectivity index (χ4n) is 1.48. The second kappa shape index (κ2) is 8.11. The maximum Gasteiger partial charge on any atom is 0.328 e. The summed E-state index contributed by atoms with van der Waals surface area (Å²) in [7, 11) is 0.394. The third-order valence-corrected chi connectivity index (χ3v) is 3.18. The Balaban J connectivity index is 2.69. The maximum atomic E-state index is 11.8. The third-order valence-electron chi connectivity index (χ3n) is 2.37. The molecule has 1 N–H and O–H groups in total. The smallest absolute Gasteiger partial charge is 0.328 e. The Morgan fingerprint density at radius 3 is 2.40 bits per heavy atom. The van der Waals surface area contributed by atoms with Crippen LogP contribution < -0.4 is 9.84 Å². The van der Waals surface area contributed by atoms with Gasteiger partial charge in [-0.1, -0.05) is 26.0 Å². The van der Waals surface area contributed by atoms with Crippen molar-refractivity contribution in [3.63, 3.8) is 0 Å². The van der Waals surface area contributed by atoms with Gasteiger partial charge in [-0.3, -0.25) is 0 Å². The molecule has 0 aliphatic rings. The highest BCUT2D eigenvalue weighted by Crippen LogP contribution is 2.31. The summed E-state index contributed by atoms with van der Waals surface area (Å²) in [4.78, 5) is 11.8. The summed E-state index contributed by atoms with van der Waals surface area (Å²) >= 11 is 0. The number of ether oxygens (including phenoxy) is 1. The number of rotatable bonds is 7. The van der Waals surface area contributed by atoms with Gasteiger partial charge in [-0.15, -0.1) is 0 Å². The second-order valence-corrected chi connectivity index (χ2v) is 6.82. The summed E-state index contributed by atoms with van der Waals surface area (Å²) in [6.45, 7) is 9.68. The van der Waals surface area contributed by atoms with Crippen molar-refractivity contribution in [1.82, 2.24) is 0 Å². The average Bonchev–Trinajstić information content (AvgIpc) is 2.36. The van der Waals surface area contributed by atoms with E-state index in [1.54, 1.807) is 6.92 Å². The lowest BCUT2D eigenvalue weighted by Crippen LogP contribution is -2.30. The van der Waals surface area contributed by atoms with Gasteiger partial charge in [0.1, 0.15) is 11.8 Å². The Kier molecular flexibility index (Phi) is 6.80. The van der Waals surface area contributed by atoms with E-state index in [1.165, 1.54) is 0 Å². The summed E-state index contributed by atoms with van der Waals surface area (Å²) in [6, 6.07) is 7.22. The molecule has 0 aliphatic carbocycles. The van der Waals surface area contributed by atoms with E-state index in [4.69, 9.17) is 9.26 Å². The van der Waals surface area contributed by atoms with Crippen molar-refractivity contribution < 1.29 is 14.1 Å². The molecule has 5 heteroatoms. The number of nitrogens with one attached hydrogen (secondary N) is 1. The van der Waals surface area contributed by atoms with Crippen molar-refractivity contribution >= 4 is 20.5 Å². The number of esters is 1. The van der Waals surface area contributed by atoms with Crippen LogP contribution in [0.15, 0.2) is 24.3 Å². The van der Waals surface area contributed by atoms with Crippen molar-refractivity contribution in [1.29, 1.82) is 0 Å². The highest BCUT2D eigenvalue weighted by molar-refractivity contribution is 7.33. The van der Waals surface area contributed by atoms with Gasteiger partial charge in [-0.05, 0) is 32.9 Å². The molecule has 4 nitrogen and oxygen atoms in total. The molecule has 0 amide bonds. The predicted molar refractivity (Wildman–Crippen MR) is 84.8 cm³/mol. The van der Waals surface area contributed by atoms with E-state index in [9.17, 15) is 4.79 Å². The number of anilines is 1. The summed E-state index contributed by atoms with van der Waals surface area (Å²) in [5, 5.41) is 3.14. The van der Waals surface area contributed by atoms with Crippen molar-refractivity contribution in [3.05, 3.63) is 24.3 Å². The molecule has 0 saturated carbocycles. The summed E-state index contributed by atoms with van der Waals surface area (Å²) in [6.07, 6.45) is -0.110. The van der Waals surface area contributed by atoms with Crippen LogP contribution in [0.25, 0.3) is 0 Å². The standard InChI is InChI=1S/C15H24NO3P/c1-10(2)18-15(17)12(5)16-13-8-6-7-9-14(13)19-20-11(3)4/h6-12,16,20H,1-5H3/t12-/m0/s1. The maximum absolute atomic E-state index is 11.8. The molecule has 2 atom stereocenters. The summed E-state index contributed by atoms with van der Waals surface area (Å²) in [5.74, 6) is 0.504. The van der Waals surface area contributed by atoms with Crippen LogP contribution >= 0.6 is 8.81 Å². The predicted octanol–water partition coefficient (Wildman–Crippen LogP) is 3.82. The van der Waals surface area contributed by atoms with E-state index in [1.807, 2.05) is 38.1 Å². The van der Waals surface area contributed by atoms with Gasteiger partial charge in [-0.2, -0.15) is 0 Å². The van der Waals surface area contributed by atoms with E-state index >= 15 is 0 Å². The lowest BCUT2D eigenvalue weighted by Gasteiger charge is -2.19. The molecule has 0 saturated heterocycles. The lowest BCUT2D eigenvalue weighted by molar-refractivity contribution is -0.147. The van der Waals surface area contributed by atoms with Crippen LogP contribution in [0.3, 0.4) is 0 Å². The monoisotopic (exact) mass is 297 g/mol. The second-order valence-electron chi connectivity index (χ2n) is 5.22. The van der Waals surface area contributed by atoms with E-state index in [0.29, 0.717) is 14.5 Å². The number of hydrogen-bond donors (Lipinski definition) is 1. The SMILES string of the molecule is CC(C)OC(=O)[C@H](C)Nc1ccccc1OPC(C)C. The number of para-hydroxylation sites is 2. The van der Waals surface area contributed by atoms with Gasteiger partial charge in [0.2, 0.25) is 0 Å². The molecular formula is C15H24NO3P. The van der Waals surface area contributed by atoms with E-state index < -0.39 is 6.04 Å². The zero-order chi connectivity index (χ0) is 15.1. The summed E-state index contributed by atoms with van der Waals surface area (Å²) in [5.41, 5.74) is 1.29. The fourth-order valence-corrected chi connectivity index (χ4v) is 2.02. The third kappa shape index (κ3) is 5.79. The number of hydrogen-bond acceptors (Lipinski definition) is 4. The van der Waals surface area contributed by atoms with Gasteiger partial charge < -0.3 is 14.6 Å². The van der Waals surface area contributed by atoms with Gasteiger partial charge in [0.05, 0.1) is 20.6 Å². The molecule has 0 heterocycles. The van der Waals surface area contributed by atoms with Gasteiger partial charge in [0, 0.05) is 5.66 Å². The minimum Gasteiger partial charge on any atom is -0.475 e. The molecule has 0 bridgehead atoms. The Hall–Kier alpha value is -1.28. The van der Waals surface area contributed by atoms with Crippen LogP contribution in [-0.4, -0.2) is 23.8 Å².